The highest BCUT2D eigenvalue weighted by molar-refractivity contribution is 7.98. The van der Waals surface area contributed by atoms with Crippen LogP contribution in [-0.4, -0.2) is 58.9 Å². The van der Waals surface area contributed by atoms with E-state index in [1.54, 1.807) is 23.9 Å². The molecule has 0 saturated carbocycles. The van der Waals surface area contributed by atoms with E-state index in [2.05, 4.69) is 33.8 Å². The largest absolute Gasteiger partial charge is 0.478 e. The number of carbonyl (C=O) groups is 1. The van der Waals surface area contributed by atoms with Crippen molar-refractivity contribution in [3.63, 3.8) is 0 Å². The second-order valence-electron chi connectivity index (χ2n) is 8.78. The zero-order valence-corrected chi connectivity index (χ0v) is 20.7. The molecule has 2 aliphatic heterocycles. The van der Waals surface area contributed by atoms with Crippen molar-refractivity contribution in [3.8, 4) is 11.5 Å². The van der Waals surface area contributed by atoms with Gasteiger partial charge in [0.2, 0.25) is 6.79 Å². The molecular formula is C26H28N4O4S. The Morgan fingerprint density at radius 1 is 0.971 bits per heavy atom. The second kappa shape index (κ2) is 10.1. The highest BCUT2D eigenvalue weighted by Crippen LogP contribution is 2.33. The van der Waals surface area contributed by atoms with Crippen LogP contribution in [0.25, 0.3) is 0 Å². The lowest BCUT2D eigenvalue weighted by atomic mass is 10.1. The van der Waals surface area contributed by atoms with Crippen LogP contribution in [0.3, 0.4) is 0 Å². The first-order valence-corrected chi connectivity index (χ1v) is 12.6. The van der Waals surface area contributed by atoms with Crippen molar-refractivity contribution in [1.29, 1.82) is 0 Å². The molecule has 182 valence electrons. The normalized spacial score (nSPS) is 15.4. The molecule has 0 unspecified atom stereocenters. The Balaban J connectivity index is 1.21. The lowest BCUT2D eigenvalue weighted by molar-refractivity contribution is 0.0697. The quantitative estimate of drug-likeness (QED) is 0.386. The van der Waals surface area contributed by atoms with Gasteiger partial charge in [0.25, 0.3) is 0 Å². The molecule has 0 bridgehead atoms. The smallest absolute Gasteiger partial charge is 0.335 e. The summed E-state index contributed by atoms with van der Waals surface area (Å²) in [6, 6.07) is 13.1. The van der Waals surface area contributed by atoms with Gasteiger partial charge in [0.05, 0.1) is 5.56 Å². The molecular weight excluding hydrogens is 464 g/mol. The summed E-state index contributed by atoms with van der Waals surface area (Å²) < 4.78 is 10.9. The highest BCUT2D eigenvalue weighted by atomic mass is 32.2. The molecule has 35 heavy (non-hydrogen) atoms. The molecule has 2 aromatic carbocycles. The summed E-state index contributed by atoms with van der Waals surface area (Å²) in [6.07, 6.45) is 0. The fourth-order valence-electron chi connectivity index (χ4n) is 4.27. The molecule has 1 N–H and O–H groups in total. The van der Waals surface area contributed by atoms with Gasteiger partial charge in [-0.15, -0.1) is 0 Å². The van der Waals surface area contributed by atoms with E-state index < -0.39 is 5.97 Å². The first-order valence-electron chi connectivity index (χ1n) is 11.6. The van der Waals surface area contributed by atoms with E-state index in [0.29, 0.717) is 18.1 Å². The summed E-state index contributed by atoms with van der Waals surface area (Å²) in [5.41, 5.74) is 4.67. The third-order valence-electron chi connectivity index (χ3n) is 6.43. The van der Waals surface area contributed by atoms with Crippen LogP contribution in [0.15, 0.2) is 47.6 Å². The van der Waals surface area contributed by atoms with E-state index in [4.69, 9.17) is 19.6 Å². The van der Waals surface area contributed by atoms with Crippen LogP contribution in [0, 0.1) is 13.8 Å². The van der Waals surface area contributed by atoms with E-state index in [-0.39, 0.29) is 0 Å². The van der Waals surface area contributed by atoms with Crippen LogP contribution in [0.2, 0.25) is 0 Å². The van der Waals surface area contributed by atoms with E-state index in [0.717, 1.165) is 72.0 Å². The molecule has 8 nitrogen and oxygen atoms in total. The number of hydrogen-bond donors (Lipinski definition) is 1. The van der Waals surface area contributed by atoms with Gasteiger partial charge >= 0.3 is 5.97 Å². The van der Waals surface area contributed by atoms with Crippen LogP contribution in [0.4, 0.5) is 5.82 Å². The minimum atomic E-state index is -0.915. The van der Waals surface area contributed by atoms with Crippen LogP contribution in [0.1, 0.15) is 32.7 Å². The van der Waals surface area contributed by atoms with Crippen molar-refractivity contribution in [2.45, 2.75) is 31.3 Å². The molecule has 0 atom stereocenters. The van der Waals surface area contributed by atoms with Crippen molar-refractivity contribution in [2.75, 3.05) is 37.9 Å². The van der Waals surface area contributed by atoms with Gasteiger partial charge in [-0.3, -0.25) is 4.90 Å². The predicted molar refractivity (Wildman–Crippen MR) is 135 cm³/mol. The lowest BCUT2D eigenvalue weighted by Gasteiger charge is -2.36. The average Bonchev–Trinajstić information content (AvgIpc) is 3.33. The monoisotopic (exact) mass is 492 g/mol. The third kappa shape index (κ3) is 5.36. The van der Waals surface area contributed by atoms with Gasteiger partial charge < -0.3 is 19.5 Å². The Kier molecular flexibility index (Phi) is 6.79. The number of benzene rings is 2. The summed E-state index contributed by atoms with van der Waals surface area (Å²) in [5.74, 6) is 2.42. The minimum absolute atomic E-state index is 0.293. The predicted octanol–water partition coefficient (Wildman–Crippen LogP) is 4.13. The number of aromatic carboxylic acids is 1. The number of ether oxygens (including phenoxy) is 2. The zero-order valence-electron chi connectivity index (χ0n) is 19.9. The average molecular weight is 493 g/mol. The van der Waals surface area contributed by atoms with Crippen molar-refractivity contribution >= 4 is 23.5 Å². The van der Waals surface area contributed by atoms with Crippen LogP contribution in [-0.2, 0) is 12.3 Å². The molecule has 2 aliphatic rings. The van der Waals surface area contributed by atoms with Gasteiger partial charge in [-0.2, -0.15) is 0 Å². The van der Waals surface area contributed by atoms with Gasteiger partial charge in [-0.25, -0.2) is 14.8 Å². The number of anilines is 1. The first-order chi connectivity index (χ1) is 17.0. The van der Waals surface area contributed by atoms with Crippen LogP contribution in [0.5, 0.6) is 11.5 Å². The molecule has 0 aliphatic carbocycles. The van der Waals surface area contributed by atoms with Crippen molar-refractivity contribution in [1.82, 2.24) is 14.9 Å². The summed E-state index contributed by atoms with van der Waals surface area (Å²) in [7, 11) is 0. The number of carboxylic acids is 1. The molecule has 1 fully saturated rings. The SMILES string of the molecule is Cc1nc(SCc2ccc(C(=O)O)cc2)nc(N2CCN(Cc3ccc4c(c3)OCO4)CC2)c1C. The number of hydrogen-bond acceptors (Lipinski definition) is 8. The number of thioether (sulfide) groups is 1. The second-order valence-corrected chi connectivity index (χ2v) is 9.72. The summed E-state index contributed by atoms with van der Waals surface area (Å²) in [4.78, 5) is 25.5. The number of aryl methyl sites for hydroxylation is 1. The Morgan fingerprint density at radius 3 is 2.43 bits per heavy atom. The molecule has 3 heterocycles. The van der Waals surface area contributed by atoms with Crippen molar-refractivity contribution in [3.05, 3.63) is 70.4 Å². The van der Waals surface area contributed by atoms with E-state index in [1.165, 1.54) is 5.56 Å². The number of piperazine rings is 1. The van der Waals surface area contributed by atoms with Gasteiger partial charge in [0, 0.05) is 49.7 Å². The Morgan fingerprint density at radius 2 is 1.69 bits per heavy atom. The fraction of sp³-hybridized carbons (Fsp3) is 0.346. The number of aromatic nitrogens is 2. The van der Waals surface area contributed by atoms with Crippen LogP contribution >= 0.6 is 11.8 Å². The molecule has 3 aromatic rings. The number of nitrogens with zero attached hydrogens (tertiary/aromatic N) is 4. The number of carboxylic acid groups (broad SMARTS) is 1. The zero-order chi connectivity index (χ0) is 24.4. The van der Waals surface area contributed by atoms with Crippen LogP contribution < -0.4 is 14.4 Å². The van der Waals surface area contributed by atoms with Crippen molar-refractivity contribution in [2.24, 2.45) is 0 Å². The highest BCUT2D eigenvalue weighted by Gasteiger charge is 2.22. The van der Waals surface area contributed by atoms with E-state index in [1.807, 2.05) is 25.1 Å². The molecule has 0 radical (unpaired) electrons. The topological polar surface area (TPSA) is 88.0 Å². The minimum Gasteiger partial charge on any atom is -0.478 e. The Hall–Kier alpha value is -3.30. The molecule has 5 rings (SSSR count). The fourth-order valence-corrected chi connectivity index (χ4v) is 5.11. The van der Waals surface area contributed by atoms with Gasteiger partial charge in [0.1, 0.15) is 5.82 Å². The maximum Gasteiger partial charge on any atom is 0.335 e. The molecule has 1 aromatic heterocycles. The Bertz CT molecular complexity index is 1230. The van der Waals surface area contributed by atoms with Crippen molar-refractivity contribution < 1.29 is 19.4 Å². The third-order valence-corrected chi connectivity index (χ3v) is 7.35. The maximum absolute atomic E-state index is 11.1. The molecule has 0 amide bonds. The van der Waals surface area contributed by atoms with Gasteiger partial charge in [-0.05, 0) is 49.2 Å². The van der Waals surface area contributed by atoms with E-state index >= 15 is 0 Å². The lowest BCUT2D eigenvalue weighted by Crippen LogP contribution is -2.46. The maximum atomic E-state index is 11.1. The molecule has 9 heteroatoms. The first kappa shape index (κ1) is 23.4. The summed E-state index contributed by atoms with van der Waals surface area (Å²) in [5, 5.41) is 9.82. The van der Waals surface area contributed by atoms with E-state index in [9.17, 15) is 4.79 Å². The van der Waals surface area contributed by atoms with Gasteiger partial charge in [-0.1, -0.05) is 30.0 Å². The summed E-state index contributed by atoms with van der Waals surface area (Å²) in [6.45, 7) is 9.02. The number of fused-ring (bicyclic) bond motifs is 1. The number of rotatable bonds is 7. The van der Waals surface area contributed by atoms with Gasteiger partial charge in [0.15, 0.2) is 16.7 Å². The summed E-state index contributed by atoms with van der Waals surface area (Å²) >= 11 is 1.57. The molecule has 0 spiro atoms. The standard InChI is InChI=1S/C26H28N4O4S/c1-17-18(2)27-26(35-15-19-3-6-21(7-4-19)25(31)32)28-24(17)30-11-9-29(10-12-30)14-20-5-8-22-23(13-20)34-16-33-22/h3-8,13H,9-12,14-16H2,1-2H3,(H,31,32). The molecule has 1 saturated heterocycles. The Labute approximate surface area is 208 Å².